The Morgan fingerprint density at radius 3 is 2.44 bits per heavy atom. The molecule has 134 valence electrons. The molecule has 1 aromatic heterocycles. The first kappa shape index (κ1) is 18.5. The first-order chi connectivity index (χ1) is 11.8. The number of carbonyl (C=O) groups excluding carboxylic acids is 2. The zero-order valence-corrected chi connectivity index (χ0v) is 16.6. The highest BCUT2D eigenvalue weighted by atomic mass is 79.9. The maximum Gasteiger partial charge on any atom is 0.303 e. The van der Waals surface area contributed by atoms with Crippen LogP contribution in [0.3, 0.4) is 0 Å². The summed E-state index contributed by atoms with van der Waals surface area (Å²) < 4.78 is 13.3. The van der Waals surface area contributed by atoms with E-state index in [9.17, 15) is 9.59 Å². The van der Waals surface area contributed by atoms with Gasteiger partial charge in [0.05, 0.1) is 27.1 Å². The zero-order chi connectivity index (χ0) is 18.3. The highest BCUT2D eigenvalue weighted by molar-refractivity contribution is 9.10. The summed E-state index contributed by atoms with van der Waals surface area (Å²) in [5.41, 5.74) is 1.42. The number of imidazole rings is 1. The molecule has 1 aliphatic carbocycles. The van der Waals surface area contributed by atoms with E-state index in [1.54, 1.807) is 12.1 Å². The molecular formula is C16H15BrCl2N2O4. The predicted octanol–water partition coefficient (Wildman–Crippen LogP) is 4.30. The Morgan fingerprint density at radius 2 is 1.80 bits per heavy atom. The molecule has 0 spiro atoms. The molecule has 1 aliphatic rings. The third kappa shape index (κ3) is 3.64. The summed E-state index contributed by atoms with van der Waals surface area (Å²) in [4.78, 5) is 27.4. The van der Waals surface area contributed by atoms with Gasteiger partial charge in [0.25, 0.3) is 0 Å². The van der Waals surface area contributed by atoms with Crippen LogP contribution in [0.1, 0.15) is 32.7 Å². The van der Waals surface area contributed by atoms with Crippen molar-refractivity contribution in [3.8, 4) is 0 Å². The maximum absolute atomic E-state index is 11.6. The zero-order valence-electron chi connectivity index (χ0n) is 13.5. The molecule has 1 unspecified atom stereocenters. The SMILES string of the molecule is CC(=O)OC1[C@@H](OC(C)=O)CC[C@@H]1n1c(Br)nc2cc(Cl)c(Cl)cc21. The molecule has 1 heterocycles. The van der Waals surface area contributed by atoms with Crippen LogP contribution in [0.4, 0.5) is 0 Å². The minimum atomic E-state index is -0.607. The summed E-state index contributed by atoms with van der Waals surface area (Å²) in [6.07, 6.45) is 0.124. The van der Waals surface area contributed by atoms with E-state index < -0.39 is 24.1 Å². The lowest BCUT2D eigenvalue weighted by Gasteiger charge is -2.26. The Hall–Kier alpha value is -1.31. The fourth-order valence-electron chi connectivity index (χ4n) is 3.25. The fourth-order valence-corrected chi connectivity index (χ4v) is 4.21. The molecule has 6 nitrogen and oxygen atoms in total. The largest absolute Gasteiger partial charge is 0.459 e. The van der Waals surface area contributed by atoms with E-state index in [1.807, 2.05) is 4.57 Å². The lowest BCUT2D eigenvalue weighted by atomic mass is 10.2. The highest BCUT2D eigenvalue weighted by Crippen LogP contribution is 2.40. The molecule has 0 N–H and O–H groups in total. The van der Waals surface area contributed by atoms with Crippen LogP contribution in [0.15, 0.2) is 16.9 Å². The van der Waals surface area contributed by atoms with E-state index in [4.69, 9.17) is 32.7 Å². The number of halogens is 3. The number of hydrogen-bond donors (Lipinski definition) is 0. The Balaban J connectivity index is 2.06. The maximum atomic E-state index is 11.6. The summed E-state index contributed by atoms with van der Waals surface area (Å²) in [5.74, 6) is -0.845. The van der Waals surface area contributed by atoms with Gasteiger partial charge >= 0.3 is 11.9 Å². The highest BCUT2D eigenvalue weighted by Gasteiger charge is 2.43. The van der Waals surface area contributed by atoms with E-state index in [0.29, 0.717) is 33.1 Å². The van der Waals surface area contributed by atoms with Crippen molar-refractivity contribution in [2.24, 2.45) is 0 Å². The first-order valence-electron chi connectivity index (χ1n) is 7.65. The van der Waals surface area contributed by atoms with Gasteiger partial charge in [-0.2, -0.15) is 0 Å². The van der Waals surface area contributed by atoms with E-state index >= 15 is 0 Å². The quantitative estimate of drug-likeness (QED) is 0.653. The van der Waals surface area contributed by atoms with Crippen LogP contribution in [0, 0.1) is 0 Å². The molecule has 0 saturated heterocycles. The van der Waals surface area contributed by atoms with Gasteiger partial charge in [0, 0.05) is 13.8 Å². The summed E-state index contributed by atoms with van der Waals surface area (Å²) in [7, 11) is 0. The van der Waals surface area contributed by atoms with Gasteiger partial charge < -0.3 is 14.0 Å². The normalized spacial score (nSPS) is 23.0. The predicted molar refractivity (Wildman–Crippen MR) is 96.8 cm³/mol. The molecule has 0 radical (unpaired) electrons. The number of nitrogens with zero attached hydrogens (tertiary/aromatic N) is 2. The number of hydrogen-bond acceptors (Lipinski definition) is 5. The number of ether oxygens (including phenoxy) is 2. The molecule has 9 heteroatoms. The molecule has 1 aromatic carbocycles. The molecular weight excluding hydrogens is 435 g/mol. The third-order valence-electron chi connectivity index (χ3n) is 4.13. The molecule has 3 atom stereocenters. The van der Waals surface area contributed by atoms with Gasteiger partial charge in [-0.1, -0.05) is 23.2 Å². The molecule has 2 aromatic rings. The molecule has 0 amide bonds. The third-order valence-corrected chi connectivity index (χ3v) is 5.41. The van der Waals surface area contributed by atoms with E-state index in [2.05, 4.69) is 20.9 Å². The summed E-state index contributed by atoms with van der Waals surface area (Å²) in [5, 5.41) is 0.813. The van der Waals surface area contributed by atoms with Crippen LogP contribution >= 0.6 is 39.1 Å². The Labute approximate surface area is 162 Å². The second kappa shape index (κ2) is 7.13. The van der Waals surface area contributed by atoms with Gasteiger partial charge in [-0.15, -0.1) is 0 Å². The molecule has 3 rings (SSSR count). The second-order valence-electron chi connectivity index (χ2n) is 5.87. The molecule has 0 bridgehead atoms. The number of esters is 2. The number of rotatable bonds is 3. The minimum absolute atomic E-state index is 0.245. The Morgan fingerprint density at radius 1 is 1.16 bits per heavy atom. The number of benzene rings is 1. The average Bonchev–Trinajstić information content (AvgIpc) is 3.00. The van der Waals surface area contributed by atoms with Crippen molar-refractivity contribution in [2.75, 3.05) is 0 Å². The Kier molecular flexibility index (Phi) is 5.27. The van der Waals surface area contributed by atoms with Crippen molar-refractivity contribution >= 4 is 62.1 Å². The van der Waals surface area contributed by atoms with Crippen LogP contribution in [0.2, 0.25) is 10.0 Å². The van der Waals surface area contributed by atoms with Gasteiger partial charge in [-0.05, 0) is 40.9 Å². The second-order valence-corrected chi connectivity index (χ2v) is 7.40. The summed E-state index contributed by atoms with van der Waals surface area (Å²) >= 11 is 15.7. The number of carbonyl (C=O) groups is 2. The smallest absolute Gasteiger partial charge is 0.303 e. The standard InChI is InChI=1S/C16H15BrCl2N2O4/c1-7(22)24-14-4-3-12(15(14)25-8(2)23)21-13-6-10(19)9(18)5-11(13)20-16(21)17/h5-6,12,14-15H,3-4H2,1-2H3/t12-,14-,15?/m0/s1. The summed E-state index contributed by atoms with van der Waals surface area (Å²) in [6.45, 7) is 2.67. The topological polar surface area (TPSA) is 70.4 Å². The molecule has 25 heavy (non-hydrogen) atoms. The van der Waals surface area contributed by atoms with Gasteiger partial charge in [0.2, 0.25) is 0 Å². The fraction of sp³-hybridized carbons (Fsp3) is 0.438. The summed E-state index contributed by atoms with van der Waals surface area (Å²) in [6, 6.07) is 3.16. The van der Waals surface area contributed by atoms with Gasteiger partial charge in [-0.25, -0.2) is 4.98 Å². The minimum Gasteiger partial charge on any atom is -0.459 e. The molecule has 1 fully saturated rings. The van der Waals surface area contributed by atoms with Crippen LogP contribution in [0.25, 0.3) is 11.0 Å². The lowest BCUT2D eigenvalue weighted by Crippen LogP contribution is -2.35. The van der Waals surface area contributed by atoms with Crippen LogP contribution in [-0.2, 0) is 19.1 Å². The van der Waals surface area contributed by atoms with Crippen LogP contribution in [-0.4, -0.2) is 33.7 Å². The van der Waals surface area contributed by atoms with Crippen molar-refractivity contribution in [2.45, 2.75) is 44.9 Å². The van der Waals surface area contributed by atoms with E-state index in [1.165, 1.54) is 13.8 Å². The van der Waals surface area contributed by atoms with Crippen molar-refractivity contribution < 1.29 is 19.1 Å². The number of fused-ring (bicyclic) bond motifs is 1. The first-order valence-corrected chi connectivity index (χ1v) is 9.19. The molecule has 0 aliphatic heterocycles. The van der Waals surface area contributed by atoms with Crippen molar-refractivity contribution in [3.05, 3.63) is 26.9 Å². The van der Waals surface area contributed by atoms with Gasteiger partial charge in [-0.3, -0.25) is 9.59 Å². The lowest BCUT2D eigenvalue weighted by molar-refractivity contribution is -0.164. The van der Waals surface area contributed by atoms with Crippen molar-refractivity contribution in [3.63, 3.8) is 0 Å². The van der Waals surface area contributed by atoms with E-state index in [-0.39, 0.29) is 6.04 Å². The van der Waals surface area contributed by atoms with Crippen LogP contribution < -0.4 is 0 Å². The van der Waals surface area contributed by atoms with E-state index in [0.717, 1.165) is 5.52 Å². The Bertz CT molecular complexity index is 854. The molecule has 1 saturated carbocycles. The van der Waals surface area contributed by atoms with Crippen molar-refractivity contribution in [1.82, 2.24) is 9.55 Å². The monoisotopic (exact) mass is 448 g/mol. The van der Waals surface area contributed by atoms with Gasteiger partial charge in [0.1, 0.15) is 6.10 Å². The van der Waals surface area contributed by atoms with Crippen LogP contribution in [0.5, 0.6) is 0 Å². The van der Waals surface area contributed by atoms with Crippen molar-refractivity contribution in [1.29, 1.82) is 0 Å². The number of aromatic nitrogens is 2. The van der Waals surface area contributed by atoms with Gasteiger partial charge in [0.15, 0.2) is 10.8 Å². The average molecular weight is 450 g/mol.